The molecule has 1 atom stereocenters. The van der Waals surface area contributed by atoms with Crippen molar-refractivity contribution >= 4 is 45.5 Å². The van der Waals surface area contributed by atoms with Gasteiger partial charge in [0.15, 0.2) is 0 Å². The average Bonchev–Trinajstić information content (AvgIpc) is 3.30. The van der Waals surface area contributed by atoms with Crippen LogP contribution in [0, 0.1) is 12.7 Å². The van der Waals surface area contributed by atoms with E-state index in [1.54, 1.807) is 6.92 Å². The molecule has 0 aliphatic carbocycles. The lowest BCUT2D eigenvalue weighted by Gasteiger charge is -2.20. The molecule has 1 aliphatic rings. The zero-order valence-electron chi connectivity index (χ0n) is 17.4. The van der Waals surface area contributed by atoms with Crippen LogP contribution in [0.5, 0.6) is 0 Å². The lowest BCUT2D eigenvalue weighted by atomic mass is 10.1. The zero-order valence-corrected chi connectivity index (χ0v) is 18.2. The van der Waals surface area contributed by atoms with Gasteiger partial charge in [0, 0.05) is 11.3 Å². The van der Waals surface area contributed by atoms with Gasteiger partial charge in [-0.2, -0.15) is 5.10 Å². The monoisotopic (exact) mass is 446 g/mol. The van der Waals surface area contributed by atoms with E-state index in [0.29, 0.717) is 22.7 Å². The summed E-state index contributed by atoms with van der Waals surface area (Å²) in [6, 6.07) is 4.47. The molecule has 0 radical (unpaired) electrons. The highest BCUT2D eigenvalue weighted by Gasteiger charge is 2.35. The number of benzene rings is 1. The molecule has 0 spiro atoms. The summed E-state index contributed by atoms with van der Waals surface area (Å²) in [5, 5.41) is 8.66. The van der Waals surface area contributed by atoms with Crippen molar-refractivity contribution in [3.63, 3.8) is 0 Å². The first-order chi connectivity index (χ1) is 14.8. The van der Waals surface area contributed by atoms with Crippen LogP contribution in [0.25, 0.3) is 0 Å². The number of hydrogen-bond acceptors (Lipinski definition) is 7. The van der Waals surface area contributed by atoms with E-state index in [1.807, 2.05) is 13.8 Å². The quantitative estimate of drug-likeness (QED) is 0.635. The third-order valence-corrected chi connectivity index (χ3v) is 5.92. The number of esters is 1. The predicted octanol–water partition coefficient (Wildman–Crippen LogP) is 2.99. The number of nitrogens with zero attached hydrogens (tertiary/aromatic N) is 2. The van der Waals surface area contributed by atoms with Crippen molar-refractivity contribution in [1.82, 2.24) is 0 Å². The molecule has 1 aromatic heterocycles. The number of anilines is 2. The van der Waals surface area contributed by atoms with Gasteiger partial charge in [0.1, 0.15) is 22.6 Å². The number of nitrogens with one attached hydrogen (secondary N) is 1. The molecule has 1 aromatic carbocycles. The Morgan fingerprint density at radius 3 is 2.55 bits per heavy atom. The summed E-state index contributed by atoms with van der Waals surface area (Å²) in [7, 11) is 0. The van der Waals surface area contributed by atoms with Gasteiger partial charge in [-0.1, -0.05) is 6.92 Å². The van der Waals surface area contributed by atoms with Crippen molar-refractivity contribution in [2.75, 3.05) is 16.9 Å². The van der Waals surface area contributed by atoms with Crippen LogP contribution < -0.4 is 16.1 Å². The fraction of sp³-hybridized carbons (Fsp3) is 0.333. The summed E-state index contributed by atoms with van der Waals surface area (Å²) in [6.45, 7) is 5.71. The van der Waals surface area contributed by atoms with Crippen molar-refractivity contribution in [2.45, 2.75) is 39.7 Å². The SMILES string of the molecule is CCOC(=O)c1c(NC(=O)C2=NN(c3ccc(F)cc3)C(C(N)=O)C2)sc(C)c1CC. The molecule has 0 saturated heterocycles. The smallest absolute Gasteiger partial charge is 0.341 e. The fourth-order valence-corrected chi connectivity index (χ4v) is 4.52. The van der Waals surface area contributed by atoms with Crippen molar-refractivity contribution in [3.8, 4) is 0 Å². The number of aryl methyl sites for hydroxylation is 1. The Morgan fingerprint density at radius 1 is 1.29 bits per heavy atom. The number of carbonyl (C=O) groups is 3. The first-order valence-electron chi connectivity index (χ1n) is 9.79. The Kier molecular flexibility index (Phi) is 6.69. The number of thiophene rings is 1. The van der Waals surface area contributed by atoms with E-state index in [-0.39, 0.29) is 18.7 Å². The molecule has 8 nitrogen and oxygen atoms in total. The number of amides is 2. The summed E-state index contributed by atoms with van der Waals surface area (Å²) in [5.41, 5.74) is 7.15. The summed E-state index contributed by atoms with van der Waals surface area (Å²) in [4.78, 5) is 38.2. The van der Waals surface area contributed by atoms with E-state index in [1.165, 1.54) is 40.6 Å². The van der Waals surface area contributed by atoms with Gasteiger partial charge in [-0.15, -0.1) is 11.3 Å². The van der Waals surface area contributed by atoms with Crippen LogP contribution in [0.15, 0.2) is 29.4 Å². The van der Waals surface area contributed by atoms with E-state index in [2.05, 4.69) is 10.4 Å². The number of hydrogen-bond donors (Lipinski definition) is 2. The molecule has 1 aliphatic heterocycles. The summed E-state index contributed by atoms with van der Waals surface area (Å²) < 4.78 is 18.4. The molecule has 3 rings (SSSR count). The lowest BCUT2D eigenvalue weighted by molar-refractivity contribution is -0.119. The highest BCUT2D eigenvalue weighted by atomic mass is 32.1. The van der Waals surface area contributed by atoms with Gasteiger partial charge in [-0.3, -0.25) is 14.6 Å². The number of halogens is 1. The van der Waals surface area contributed by atoms with E-state index in [4.69, 9.17) is 10.5 Å². The van der Waals surface area contributed by atoms with E-state index < -0.39 is 29.6 Å². The highest BCUT2D eigenvalue weighted by Crippen LogP contribution is 2.34. The molecular formula is C21H23FN4O4S. The molecule has 0 saturated carbocycles. The number of carbonyl (C=O) groups excluding carboxylic acids is 3. The number of primary amides is 1. The largest absolute Gasteiger partial charge is 0.462 e. The molecule has 31 heavy (non-hydrogen) atoms. The van der Waals surface area contributed by atoms with Gasteiger partial charge < -0.3 is 15.8 Å². The maximum Gasteiger partial charge on any atom is 0.341 e. The third kappa shape index (κ3) is 4.58. The molecular weight excluding hydrogens is 423 g/mol. The minimum atomic E-state index is -0.882. The maximum atomic E-state index is 13.3. The zero-order chi connectivity index (χ0) is 22.7. The Labute approximate surface area is 182 Å². The first kappa shape index (κ1) is 22.4. The molecule has 1 unspecified atom stereocenters. The highest BCUT2D eigenvalue weighted by molar-refractivity contribution is 7.17. The number of rotatable bonds is 7. The van der Waals surface area contributed by atoms with Gasteiger partial charge >= 0.3 is 5.97 Å². The second-order valence-corrected chi connectivity index (χ2v) is 8.08. The van der Waals surface area contributed by atoms with Crippen LogP contribution >= 0.6 is 11.3 Å². The second-order valence-electron chi connectivity index (χ2n) is 6.86. The van der Waals surface area contributed by atoms with Crippen molar-refractivity contribution < 1.29 is 23.5 Å². The molecule has 2 heterocycles. The van der Waals surface area contributed by atoms with Gasteiger partial charge in [-0.25, -0.2) is 9.18 Å². The number of hydrazone groups is 1. The molecule has 2 aromatic rings. The molecule has 3 N–H and O–H groups in total. The van der Waals surface area contributed by atoms with E-state index in [9.17, 15) is 18.8 Å². The fourth-order valence-electron chi connectivity index (χ4n) is 3.39. The molecule has 0 bridgehead atoms. The van der Waals surface area contributed by atoms with Gasteiger partial charge in [0.25, 0.3) is 5.91 Å². The minimum Gasteiger partial charge on any atom is -0.462 e. The first-order valence-corrected chi connectivity index (χ1v) is 10.6. The van der Waals surface area contributed by atoms with Gasteiger partial charge in [-0.05, 0) is 50.1 Å². The van der Waals surface area contributed by atoms with Crippen LogP contribution in [0.1, 0.15) is 41.1 Å². The minimum absolute atomic E-state index is 0.0156. The van der Waals surface area contributed by atoms with Crippen LogP contribution in [-0.4, -0.2) is 36.1 Å². The third-order valence-electron chi connectivity index (χ3n) is 4.86. The van der Waals surface area contributed by atoms with Crippen LogP contribution in [-0.2, 0) is 20.7 Å². The standard InChI is InChI=1S/C21H23FN4O4S/c1-4-14-11(3)31-20(17(14)21(29)30-5-2)24-19(28)15-10-16(18(23)27)26(25-15)13-8-6-12(22)7-9-13/h6-9,16H,4-5,10H2,1-3H3,(H2,23,27)(H,24,28). The van der Waals surface area contributed by atoms with Gasteiger partial charge in [0.05, 0.1) is 17.9 Å². The van der Waals surface area contributed by atoms with Crippen LogP contribution in [0.4, 0.5) is 15.1 Å². The van der Waals surface area contributed by atoms with E-state index in [0.717, 1.165) is 10.4 Å². The molecule has 164 valence electrons. The maximum absolute atomic E-state index is 13.3. The summed E-state index contributed by atoms with van der Waals surface area (Å²) >= 11 is 1.28. The van der Waals surface area contributed by atoms with Gasteiger partial charge in [0.2, 0.25) is 5.91 Å². The van der Waals surface area contributed by atoms with Crippen molar-refractivity contribution in [3.05, 3.63) is 46.1 Å². The topological polar surface area (TPSA) is 114 Å². The molecule has 10 heteroatoms. The Morgan fingerprint density at radius 2 is 1.97 bits per heavy atom. The summed E-state index contributed by atoms with van der Waals surface area (Å²) in [5.74, 6) is -2.16. The Bertz CT molecular complexity index is 1050. The Hall–Kier alpha value is -3.27. The number of ether oxygens (including phenoxy) is 1. The lowest BCUT2D eigenvalue weighted by Crippen LogP contribution is -2.39. The normalized spacial score (nSPS) is 15.5. The van der Waals surface area contributed by atoms with Crippen molar-refractivity contribution in [2.24, 2.45) is 10.8 Å². The number of nitrogens with two attached hydrogens (primary N) is 1. The molecule has 2 amide bonds. The predicted molar refractivity (Wildman–Crippen MR) is 117 cm³/mol. The van der Waals surface area contributed by atoms with Crippen molar-refractivity contribution in [1.29, 1.82) is 0 Å². The van der Waals surface area contributed by atoms with Crippen LogP contribution in [0.2, 0.25) is 0 Å². The molecule has 0 fully saturated rings. The summed E-state index contributed by atoms with van der Waals surface area (Å²) in [6.07, 6.45) is 0.591. The van der Waals surface area contributed by atoms with Crippen LogP contribution in [0.3, 0.4) is 0 Å². The second kappa shape index (κ2) is 9.25. The average molecular weight is 447 g/mol. The van der Waals surface area contributed by atoms with E-state index >= 15 is 0 Å². The Balaban J connectivity index is 1.90.